The second-order valence-electron chi connectivity index (χ2n) is 5.12. The summed E-state index contributed by atoms with van der Waals surface area (Å²) in [4.78, 5) is 2.52. The van der Waals surface area contributed by atoms with E-state index in [9.17, 15) is 0 Å². The Hall–Kier alpha value is -1.06. The summed E-state index contributed by atoms with van der Waals surface area (Å²) in [6.45, 7) is 9.71. The molecule has 1 heterocycles. The van der Waals surface area contributed by atoms with Gasteiger partial charge in [-0.25, -0.2) is 0 Å². The van der Waals surface area contributed by atoms with Crippen molar-refractivity contribution in [2.75, 3.05) is 32.8 Å². The van der Waals surface area contributed by atoms with Gasteiger partial charge >= 0.3 is 0 Å². The maximum atomic E-state index is 5.81. The molecule has 1 unspecified atom stereocenters. The van der Waals surface area contributed by atoms with Crippen LogP contribution in [0.15, 0.2) is 24.3 Å². The monoisotopic (exact) mass is 248 g/mol. The molecule has 2 rings (SSSR count). The number of nitrogens with one attached hydrogen (secondary N) is 1. The lowest BCUT2D eigenvalue weighted by atomic mass is 10.2. The molecular weight excluding hydrogens is 224 g/mol. The average molecular weight is 248 g/mol. The van der Waals surface area contributed by atoms with Gasteiger partial charge in [-0.2, -0.15) is 0 Å². The van der Waals surface area contributed by atoms with Crippen LogP contribution in [0.5, 0.6) is 5.75 Å². The number of benzene rings is 1. The van der Waals surface area contributed by atoms with E-state index >= 15 is 0 Å². The molecule has 0 saturated carbocycles. The van der Waals surface area contributed by atoms with Crippen molar-refractivity contribution in [2.45, 2.75) is 26.3 Å². The Morgan fingerprint density at radius 3 is 3.00 bits per heavy atom. The first-order valence-electron chi connectivity index (χ1n) is 6.90. The number of rotatable bonds is 5. The summed E-state index contributed by atoms with van der Waals surface area (Å²) in [7, 11) is 0. The summed E-state index contributed by atoms with van der Waals surface area (Å²) in [5, 5.41) is 3.46. The van der Waals surface area contributed by atoms with Crippen LogP contribution < -0.4 is 10.1 Å². The number of piperazine rings is 1. The lowest BCUT2D eigenvalue weighted by Gasteiger charge is -2.31. The topological polar surface area (TPSA) is 24.5 Å². The van der Waals surface area contributed by atoms with Gasteiger partial charge in [-0.05, 0) is 31.9 Å². The number of nitrogens with zero attached hydrogens (tertiary/aromatic N) is 1. The highest BCUT2D eigenvalue weighted by Crippen LogP contribution is 2.16. The van der Waals surface area contributed by atoms with Gasteiger partial charge in [-0.15, -0.1) is 0 Å². The molecule has 3 nitrogen and oxygen atoms in total. The molecule has 1 aliphatic heterocycles. The maximum Gasteiger partial charge on any atom is 0.122 e. The van der Waals surface area contributed by atoms with Crippen molar-refractivity contribution in [1.29, 1.82) is 0 Å². The van der Waals surface area contributed by atoms with Gasteiger partial charge in [0.1, 0.15) is 5.75 Å². The smallest absolute Gasteiger partial charge is 0.122 e. The number of hydrogen-bond donors (Lipinski definition) is 1. The zero-order valence-corrected chi connectivity index (χ0v) is 11.5. The molecule has 0 radical (unpaired) electrons. The molecule has 0 amide bonds. The van der Waals surface area contributed by atoms with Crippen LogP contribution in [0.25, 0.3) is 0 Å². The van der Waals surface area contributed by atoms with Crippen molar-refractivity contribution in [3.63, 3.8) is 0 Å². The number of para-hydroxylation sites is 1. The quantitative estimate of drug-likeness (QED) is 0.807. The van der Waals surface area contributed by atoms with E-state index in [-0.39, 0.29) is 0 Å². The van der Waals surface area contributed by atoms with E-state index in [4.69, 9.17) is 4.74 Å². The van der Waals surface area contributed by atoms with Crippen molar-refractivity contribution in [1.82, 2.24) is 10.2 Å². The molecule has 1 aromatic rings. The summed E-state index contributed by atoms with van der Waals surface area (Å²) in [5.41, 5.74) is 1.22. The molecule has 1 aliphatic rings. The van der Waals surface area contributed by atoms with Crippen molar-refractivity contribution in [2.24, 2.45) is 0 Å². The fourth-order valence-electron chi connectivity index (χ4n) is 2.40. The van der Waals surface area contributed by atoms with Crippen molar-refractivity contribution >= 4 is 0 Å². The van der Waals surface area contributed by atoms with Gasteiger partial charge in [0.15, 0.2) is 0 Å². The lowest BCUT2D eigenvalue weighted by molar-refractivity contribution is 0.189. The zero-order chi connectivity index (χ0) is 12.8. The molecule has 0 aromatic heterocycles. The summed E-state index contributed by atoms with van der Waals surface area (Å²) in [6, 6.07) is 8.83. The lowest BCUT2D eigenvalue weighted by Crippen LogP contribution is -2.49. The molecule has 100 valence electrons. The normalized spacial score (nSPS) is 20.9. The molecule has 3 heteroatoms. The van der Waals surface area contributed by atoms with Crippen LogP contribution in [-0.4, -0.2) is 43.7 Å². The minimum Gasteiger partial charge on any atom is -0.493 e. The Kier molecular flexibility index (Phi) is 5.02. The second-order valence-corrected chi connectivity index (χ2v) is 5.12. The molecular formula is C15H24N2O. The Morgan fingerprint density at radius 2 is 2.22 bits per heavy atom. The highest BCUT2D eigenvalue weighted by molar-refractivity contribution is 5.31. The molecule has 18 heavy (non-hydrogen) atoms. The summed E-state index contributed by atoms with van der Waals surface area (Å²) in [6.07, 6.45) is 1.10. The second kappa shape index (κ2) is 6.76. The minimum atomic E-state index is 0.621. The van der Waals surface area contributed by atoms with Gasteiger partial charge in [0.25, 0.3) is 0 Å². The Bertz CT molecular complexity index is 367. The highest BCUT2D eigenvalue weighted by atomic mass is 16.5. The van der Waals surface area contributed by atoms with Crippen molar-refractivity contribution in [3.05, 3.63) is 29.8 Å². The van der Waals surface area contributed by atoms with Gasteiger partial charge < -0.3 is 15.0 Å². The van der Waals surface area contributed by atoms with E-state index in [1.807, 2.05) is 18.2 Å². The predicted octanol–water partition coefficient (Wildman–Crippen LogP) is 2.06. The Labute approximate surface area is 110 Å². The van der Waals surface area contributed by atoms with E-state index in [1.54, 1.807) is 0 Å². The van der Waals surface area contributed by atoms with Crippen LogP contribution in [0.4, 0.5) is 0 Å². The third kappa shape index (κ3) is 4.00. The first-order chi connectivity index (χ1) is 8.75. The third-order valence-electron chi connectivity index (χ3n) is 3.42. The van der Waals surface area contributed by atoms with Crippen molar-refractivity contribution < 1.29 is 4.74 Å². The molecule has 1 aromatic carbocycles. The van der Waals surface area contributed by atoms with E-state index in [0.717, 1.165) is 45.0 Å². The van der Waals surface area contributed by atoms with Gasteiger partial charge in [-0.1, -0.05) is 18.2 Å². The van der Waals surface area contributed by atoms with Crippen LogP contribution >= 0.6 is 0 Å². The average Bonchev–Trinajstić information content (AvgIpc) is 2.37. The van der Waals surface area contributed by atoms with E-state index < -0.39 is 0 Å². The fourth-order valence-corrected chi connectivity index (χ4v) is 2.40. The van der Waals surface area contributed by atoms with Gasteiger partial charge in [0, 0.05) is 32.2 Å². The molecule has 1 fully saturated rings. The third-order valence-corrected chi connectivity index (χ3v) is 3.42. The number of aryl methyl sites for hydroxylation is 1. The molecule has 1 N–H and O–H groups in total. The first-order valence-corrected chi connectivity index (χ1v) is 6.90. The Morgan fingerprint density at radius 1 is 1.39 bits per heavy atom. The van der Waals surface area contributed by atoms with Crippen LogP contribution in [0.3, 0.4) is 0 Å². The minimum absolute atomic E-state index is 0.621. The predicted molar refractivity (Wildman–Crippen MR) is 75.2 cm³/mol. The molecule has 0 bridgehead atoms. The Balaban J connectivity index is 1.65. The number of ether oxygens (including phenoxy) is 1. The summed E-state index contributed by atoms with van der Waals surface area (Å²) >= 11 is 0. The van der Waals surface area contributed by atoms with Crippen LogP contribution in [-0.2, 0) is 0 Å². The highest BCUT2D eigenvalue weighted by Gasteiger charge is 2.14. The van der Waals surface area contributed by atoms with E-state index in [2.05, 4.69) is 30.1 Å². The largest absolute Gasteiger partial charge is 0.493 e. The maximum absolute atomic E-state index is 5.81. The summed E-state index contributed by atoms with van der Waals surface area (Å²) in [5.74, 6) is 1.02. The summed E-state index contributed by atoms with van der Waals surface area (Å²) < 4.78 is 5.81. The van der Waals surface area contributed by atoms with Gasteiger partial charge in [0.05, 0.1) is 6.61 Å². The van der Waals surface area contributed by atoms with E-state index in [1.165, 1.54) is 5.56 Å². The zero-order valence-electron chi connectivity index (χ0n) is 11.5. The van der Waals surface area contributed by atoms with Crippen LogP contribution in [0.1, 0.15) is 18.9 Å². The van der Waals surface area contributed by atoms with Gasteiger partial charge in [0.2, 0.25) is 0 Å². The molecule has 1 atom stereocenters. The SMILES string of the molecule is Cc1ccccc1OCCCN1CCNC(C)C1. The number of hydrogen-bond acceptors (Lipinski definition) is 3. The van der Waals surface area contributed by atoms with E-state index in [0.29, 0.717) is 6.04 Å². The first kappa shape index (κ1) is 13.4. The molecule has 1 saturated heterocycles. The van der Waals surface area contributed by atoms with Crippen LogP contribution in [0, 0.1) is 6.92 Å². The van der Waals surface area contributed by atoms with Crippen LogP contribution in [0.2, 0.25) is 0 Å². The molecule has 0 spiro atoms. The fraction of sp³-hybridized carbons (Fsp3) is 0.600. The van der Waals surface area contributed by atoms with Crippen molar-refractivity contribution in [3.8, 4) is 5.75 Å². The van der Waals surface area contributed by atoms with Gasteiger partial charge in [-0.3, -0.25) is 0 Å². The molecule has 0 aliphatic carbocycles. The standard InChI is InChI=1S/C15H24N2O/c1-13-6-3-4-7-15(13)18-11-5-9-17-10-8-16-14(2)12-17/h3-4,6-7,14,16H,5,8-12H2,1-2H3.